The maximum atomic E-state index is 12.9. The number of aryl methyl sites for hydroxylation is 1. The summed E-state index contributed by atoms with van der Waals surface area (Å²) in [7, 11) is 0. The van der Waals surface area contributed by atoms with Gasteiger partial charge in [-0.2, -0.15) is 5.10 Å². The number of hydrogen-bond donors (Lipinski definition) is 1. The minimum atomic E-state index is -0.615. The summed E-state index contributed by atoms with van der Waals surface area (Å²) in [5.41, 5.74) is 1.13. The molecule has 1 saturated heterocycles. The Morgan fingerprint density at radius 3 is 2.92 bits per heavy atom. The number of morpholine rings is 1. The minimum absolute atomic E-state index is 0.0540. The van der Waals surface area contributed by atoms with Crippen LogP contribution in [0.3, 0.4) is 0 Å². The van der Waals surface area contributed by atoms with Crippen LogP contribution in [0.2, 0.25) is 0 Å². The van der Waals surface area contributed by atoms with Gasteiger partial charge in [-0.3, -0.25) is 9.58 Å². The lowest BCUT2D eigenvalue weighted by Crippen LogP contribution is -2.47. The summed E-state index contributed by atoms with van der Waals surface area (Å²) in [6, 6.07) is 5.79. The molecule has 1 aliphatic rings. The number of aromatic nitrogens is 2. The van der Waals surface area contributed by atoms with Gasteiger partial charge in [-0.1, -0.05) is 0 Å². The molecular formula is C18H24FN3O3. The molecule has 3 rings (SSSR count). The SMILES string of the molecule is Cc1cnn(C[C@H]2CN(C[C@H](O)COc3ccc(F)cc3)CCO2)c1. The topological polar surface area (TPSA) is 59.8 Å². The first-order valence-corrected chi connectivity index (χ1v) is 8.48. The summed E-state index contributed by atoms with van der Waals surface area (Å²) < 4.78 is 26.0. The monoisotopic (exact) mass is 349 g/mol. The average Bonchev–Trinajstić information content (AvgIpc) is 2.99. The molecule has 1 aromatic heterocycles. The molecule has 1 aliphatic heterocycles. The Morgan fingerprint density at radius 1 is 1.40 bits per heavy atom. The predicted octanol–water partition coefficient (Wildman–Crippen LogP) is 1.47. The van der Waals surface area contributed by atoms with E-state index in [0.29, 0.717) is 25.4 Å². The number of ether oxygens (including phenoxy) is 2. The van der Waals surface area contributed by atoms with Crippen LogP contribution in [-0.4, -0.2) is 64.8 Å². The van der Waals surface area contributed by atoms with Gasteiger partial charge in [0, 0.05) is 25.8 Å². The summed E-state index contributed by atoms with van der Waals surface area (Å²) in [6.07, 6.45) is 3.26. The first-order valence-electron chi connectivity index (χ1n) is 8.48. The standard InChI is InChI=1S/C18H24FN3O3/c1-14-8-20-22(9-14)12-18-11-21(6-7-24-18)10-16(23)13-25-17-4-2-15(19)3-5-17/h2-5,8-9,16,18,23H,6-7,10-13H2,1H3/t16-,18+/m0/s1. The van der Waals surface area contributed by atoms with Crippen molar-refractivity contribution >= 4 is 0 Å². The summed E-state index contributed by atoms with van der Waals surface area (Å²) >= 11 is 0. The van der Waals surface area contributed by atoms with Gasteiger partial charge in [0.25, 0.3) is 0 Å². The van der Waals surface area contributed by atoms with Crippen molar-refractivity contribution in [3.63, 3.8) is 0 Å². The quantitative estimate of drug-likeness (QED) is 0.820. The molecular weight excluding hydrogens is 325 g/mol. The molecule has 1 N–H and O–H groups in total. The van der Waals surface area contributed by atoms with Crippen LogP contribution in [0.5, 0.6) is 5.75 Å². The second-order valence-corrected chi connectivity index (χ2v) is 6.41. The molecule has 2 atom stereocenters. The normalized spacial score (nSPS) is 19.7. The van der Waals surface area contributed by atoms with E-state index in [4.69, 9.17) is 9.47 Å². The Morgan fingerprint density at radius 2 is 2.20 bits per heavy atom. The third-order valence-corrected chi connectivity index (χ3v) is 4.10. The van der Waals surface area contributed by atoms with Crippen LogP contribution >= 0.6 is 0 Å². The largest absolute Gasteiger partial charge is 0.491 e. The Labute approximate surface area is 146 Å². The van der Waals surface area contributed by atoms with Gasteiger partial charge in [0.05, 0.1) is 25.5 Å². The highest BCUT2D eigenvalue weighted by Crippen LogP contribution is 2.12. The molecule has 2 aromatic rings. The van der Waals surface area contributed by atoms with Crippen molar-refractivity contribution in [3.05, 3.63) is 48.0 Å². The van der Waals surface area contributed by atoms with E-state index in [-0.39, 0.29) is 18.5 Å². The second kappa shape index (κ2) is 8.42. The van der Waals surface area contributed by atoms with Gasteiger partial charge in [-0.15, -0.1) is 0 Å². The van der Waals surface area contributed by atoms with E-state index >= 15 is 0 Å². The fourth-order valence-corrected chi connectivity index (χ4v) is 2.91. The van der Waals surface area contributed by atoms with Crippen LogP contribution in [-0.2, 0) is 11.3 Å². The van der Waals surface area contributed by atoms with Crippen LogP contribution in [0.25, 0.3) is 0 Å². The third kappa shape index (κ3) is 5.52. The van der Waals surface area contributed by atoms with Gasteiger partial charge >= 0.3 is 0 Å². The van der Waals surface area contributed by atoms with E-state index in [9.17, 15) is 9.50 Å². The maximum absolute atomic E-state index is 12.9. The van der Waals surface area contributed by atoms with Crippen LogP contribution in [0.1, 0.15) is 5.56 Å². The Kier molecular flexibility index (Phi) is 6.01. The molecule has 6 nitrogen and oxygen atoms in total. The molecule has 0 bridgehead atoms. The molecule has 0 saturated carbocycles. The lowest BCUT2D eigenvalue weighted by Gasteiger charge is -2.33. The highest BCUT2D eigenvalue weighted by Gasteiger charge is 2.23. The number of β-amino-alcohol motifs (C(OH)–C–C–N with tert-alkyl or cyclic N) is 1. The van der Waals surface area contributed by atoms with E-state index in [1.807, 2.05) is 24.0 Å². The second-order valence-electron chi connectivity index (χ2n) is 6.41. The van der Waals surface area contributed by atoms with E-state index in [0.717, 1.165) is 18.7 Å². The molecule has 2 heterocycles. The van der Waals surface area contributed by atoms with Crippen LogP contribution in [0.4, 0.5) is 4.39 Å². The van der Waals surface area contributed by atoms with Gasteiger partial charge in [-0.05, 0) is 36.8 Å². The first kappa shape index (κ1) is 17.8. The number of hydrogen-bond acceptors (Lipinski definition) is 5. The molecule has 136 valence electrons. The zero-order chi connectivity index (χ0) is 17.6. The molecule has 0 aliphatic carbocycles. The number of aliphatic hydroxyl groups excluding tert-OH is 1. The first-order chi connectivity index (χ1) is 12.1. The molecule has 1 aromatic carbocycles. The van der Waals surface area contributed by atoms with Crippen LogP contribution in [0, 0.1) is 12.7 Å². The molecule has 0 unspecified atom stereocenters. The highest BCUT2D eigenvalue weighted by atomic mass is 19.1. The summed E-state index contributed by atoms with van der Waals surface area (Å²) in [6.45, 7) is 5.55. The number of aliphatic hydroxyl groups is 1. The van der Waals surface area contributed by atoms with Gasteiger partial charge in [-0.25, -0.2) is 4.39 Å². The van der Waals surface area contributed by atoms with Gasteiger partial charge in [0.1, 0.15) is 24.3 Å². The van der Waals surface area contributed by atoms with Gasteiger partial charge in [0.15, 0.2) is 0 Å². The zero-order valence-corrected chi connectivity index (χ0v) is 14.3. The number of halogens is 1. The number of benzene rings is 1. The summed E-state index contributed by atoms with van der Waals surface area (Å²) in [5, 5.41) is 14.5. The lowest BCUT2D eigenvalue weighted by molar-refractivity contribution is -0.0517. The maximum Gasteiger partial charge on any atom is 0.123 e. The van der Waals surface area contributed by atoms with E-state index in [1.54, 1.807) is 12.1 Å². The molecule has 1 fully saturated rings. The van der Waals surface area contributed by atoms with Crippen molar-refractivity contribution in [2.75, 3.05) is 32.8 Å². The molecule has 0 amide bonds. The zero-order valence-electron chi connectivity index (χ0n) is 14.3. The Balaban J connectivity index is 1.42. The minimum Gasteiger partial charge on any atom is -0.491 e. The third-order valence-electron chi connectivity index (χ3n) is 4.10. The fourth-order valence-electron chi connectivity index (χ4n) is 2.91. The van der Waals surface area contributed by atoms with Crippen LogP contribution in [0.15, 0.2) is 36.7 Å². The van der Waals surface area contributed by atoms with Crippen molar-refractivity contribution < 1.29 is 19.0 Å². The highest BCUT2D eigenvalue weighted by molar-refractivity contribution is 5.22. The van der Waals surface area contributed by atoms with E-state index in [1.165, 1.54) is 12.1 Å². The van der Waals surface area contributed by atoms with Crippen LogP contribution < -0.4 is 4.74 Å². The van der Waals surface area contributed by atoms with E-state index in [2.05, 4.69) is 10.00 Å². The molecule has 0 spiro atoms. The van der Waals surface area contributed by atoms with Crippen molar-refractivity contribution in [2.24, 2.45) is 0 Å². The lowest BCUT2D eigenvalue weighted by atomic mass is 10.2. The van der Waals surface area contributed by atoms with Gasteiger partial charge < -0.3 is 14.6 Å². The van der Waals surface area contributed by atoms with Crippen molar-refractivity contribution in [2.45, 2.75) is 25.7 Å². The van der Waals surface area contributed by atoms with Gasteiger partial charge in [0.2, 0.25) is 0 Å². The smallest absolute Gasteiger partial charge is 0.123 e. The molecule has 7 heteroatoms. The predicted molar refractivity (Wildman–Crippen MR) is 91.0 cm³/mol. The Bertz CT molecular complexity index is 662. The summed E-state index contributed by atoms with van der Waals surface area (Å²) in [5.74, 6) is 0.244. The Hall–Kier alpha value is -1.96. The summed E-state index contributed by atoms with van der Waals surface area (Å²) in [4.78, 5) is 2.17. The average molecular weight is 349 g/mol. The fraction of sp³-hybridized carbons (Fsp3) is 0.500. The van der Waals surface area contributed by atoms with Crippen molar-refractivity contribution in [3.8, 4) is 5.75 Å². The molecule has 0 radical (unpaired) electrons. The van der Waals surface area contributed by atoms with Crippen molar-refractivity contribution in [1.29, 1.82) is 0 Å². The van der Waals surface area contributed by atoms with Crippen molar-refractivity contribution in [1.82, 2.24) is 14.7 Å². The molecule has 25 heavy (non-hydrogen) atoms. The number of nitrogens with zero attached hydrogens (tertiary/aromatic N) is 3. The van der Waals surface area contributed by atoms with E-state index < -0.39 is 6.10 Å². The number of rotatable bonds is 7.